The van der Waals surface area contributed by atoms with Crippen LogP contribution in [0.1, 0.15) is 32.3 Å². The number of amides is 1. The van der Waals surface area contributed by atoms with E-state index in [0.717, 1.165) is 16.9 Å². The lowest BCUT2D eigenvalue weighted by molar-refractivity contribution is -0.119. The second-order valence-corrected chi connectivity index (χ2v) is 4.86. The van der Waals surface area contributed by atoms with Gasteiger partial charge < -0.3 is 10.6 Å². The molecule has 1 aliphatic heterocycles. The summed E-state index contributed by atoms with van der Waals surface area (Å²) in [4.78, 5) is 11.7. The predicted molar refractivity (Wildman–Crippen MR) is 66.8 cm³/mol. The molecule has 1 unspecified atom stereocenters. The van der Waals surface area contributed by atoms with Gasteiger partial charge in [-0.1, -0.05) is 6.07 Å². The summed E-state index contributed by atoms with van der Waals surface area (Å²) in [5.41, 5.74) is 1.96. The van der Waals surface area contributed by atoms with Gasteiger partial charge in [-0.25, -0.2) is 0 Å². The van der Waals surface area contributed by atoms with Crippen molar-refractivity contribution in [2.45, 2.75) is 32.2 Å². The molecular formula is C13H15N3O. The maximum Gasteiger partial charge on any atom is 0.249 e. The van der Waals surface area contributed by atoms with E-state index >= 15 is 0 Å². The summed E-state index contributed by atoms with van der Waals surface area (Å²) in [7, 11) is 0. The molecule has 0 aliphatic carbocycles. The van der Waals surface area contributed by atoms with Crippen molar-refractivity contribution < 1.29 is 4.79 Å². The Kier molecular flexibility index (Phi) is 2.55. The van der Waals surface area contributed by atoms with Crippen molar-refractivity contribution in [3.05, 3.63) is 23.8 Å². The Morgan fingerprint density at radius 3 is 2.71 bits per heavy atom. The standard InChI is InChI=1S/C13H15N3O/c1-8(7-14)9-4-5-10-11(6-9)16-13(2,3)12(17)15-10/h4-6,8,16H,1-3H3,(H,15,17). The molecule has 4 heteroatoms. The summed E-state index contributed by atoms with van der Waals surface area (Å²) in [6, 6.07) is 7.82. The zero-order valence-electron chi connectivity index (χ0n) is 10.2. The first kappa shape index (κ1) is 11.5. The van der Waals surface area contributed by atoms with Crippen molar-refractivity contribution in [1.29, 1.82) is 5.26 Å². The fraction of sp³-hybridized carbons (Fsp3) is 0.385. The van der Waals surface area contributed by atoms with Crippen molar-refractivity contribution in [1.82, 2.24) is 0 Å². The number of rotatable bonds is 1. The van der Waals surface area contributed by atoms with E-state index in [1.165, 1.54) is 0 Å². The normalized spacial score (nSPS) is 18.4. The lowest BCUT2D eigenvalue weighted by atomic mass is 9.96. The van der Waals surface area contributed by atoms with Gasteiger partial charge in [0.05, 0.1) is 23.4 Å². The van der Waals surface area contributed by atoms with Gasteiger partial charge in [0.15, 0.2) is 0 Å². The quantitative estimate of drug-likeness (QED) is 0.777. The summed E-state index contributed by atoms with van der Waals surface area (Å²) in [5.74, 6) is -0.200. The van der Waals surface area contributed by atoms with Crippen LogP contribution in [0.15, 0.2) is 18.2 Å². The predicted octanol–water partition coefficient (Wildman–Crippen LogP) is 2.46. The van der Waals surface area contributed by atoms with Crippen LogP contribution in [-0.4, -0.2) is 11.4 Å². The summed E-state index contributed by atoms with van der Waals surface area (Å²) >= 11 is 0. The maximum atomic E-state index is 11.7. The third kappa shape index (κ3) is 1.96. The van der Waals surface area contributed by atoms with Crippen molar-refractivity contribution in [2.24, 2.45) is 0 Å². The number of nitrogens with one attached hydrogen (secondary N) is 2. The molecule has 1 aliphatic rings. The molecule has 0 spiro atoms. The van der Waals surface area contributed by atoms with Gasteiger partial charge in [-0.2, -0.15) is 5.26 Å². The topological polar surface area (TPSA) is 64.9 Å². The highest BCUT2D eigenvalue weighted by molar-refractivity contribution is 6.05. The van der Waals surface area contributed by atoms with Crippen LogP contribution in [-0.2, 0) is 4.79 Å². The van der Waals surface area contributed by atoms with Crippen LogP contribution in [0.25, 0.3) is 0 Å². The third-order valence-corrected chi connectivity index (χ3v) is 3.00. The molecule has 0 aromatic heterocycles. The number of anilines is 2. The molecule has 0 bridgehead atoms. The van der Waals surface area contributed by atoms with Crippen LogP contribution in [0.4, 0.5) is 11.4 Å². The van der Waals surface area contributed by atoms with Gasteiger partial charge >= 0.3 is 0 Å². The Hall–Kier alpha value is -2.02. The first-order valence-corrected chi connectivity index (χ1v) is 5.57. The first-order valence-electron chi connectivity index (χ1n) is 5.57. The minimum atomic E-state index is -0.624. The molecule has 0 fully saturated rings. The fourth-order valence-electron chi connectivity index (χ4n) is 1.79. The minimum Gasteiger partial charge on any atom is -0.370 e. The van der Waals surface area contributed by atoms with Gasteiger partial charge in [-0.05, 0) is 38.5 Å². The van der Waals surface area contributed by atoms with Gasteiger partial charge in [0, 0.05) is 0 Å². The highest BCUT2D eigenvalue weighted by Crippen LogP contribution is 2.33. The van der Waals surface area contributed by atoms with Gasteiger partial charge in [0.2, 0.25) is 5.91 Å². The van der Waals surface area contributed by atoms with Crippen LogP contribution in [0.2, 0.25) is 0 Å². The van der Waals surface area contributed by atoms with E-state index in [9.17, 15) is 4.79 Å². The summed E-state index contributed by atoms with van der Waals surface area (Å²) in [6.45, 7) is 5.51. The van der Waals surface area contributed by atoms with E-state index in [4.69, 9.17) is 5.26 Å². The van der Waals surface area contributed by atoms with E-state index in [1.807, 2.05) is 39.0 Å². The average molecular weight is 229 g/mol. The summed E-state index contributed by atoms with van der Waals surface area (Å²) in [5, 5.41) is 14.9. The molecule has 1 amide bonds. The number of carbonyl (C=O) groups is 1. The Morgan fingerprint density at radius 2 is 2.06 bits per heavy atom. The van der Waals surface area contributed by atoms with Crippen molar-refractivity contribution >= 4 is 17.3 Å². The molecule has 4 nitrogen and oxygen atoms in total. The molecule has 0 saturated heterocycles. The van der Waals surface area contributed by atoms with E-state index in [1.54, 1.807) is 0 Å². The van der Waals surface area contributed by atoms with Crippen molar-refractivity contribution in [2.75, 3.05) is 10.6 Å². The van der Waals surface area contributed by atoms with E-state index in [2.05, 4.69) is 16.7 Å². The number of benzene rings is 1. The smallest absolute Gasteiger partial charge is 0.249 e. The number of nitrogens with zero attached hydrogens (tertiary/aromatic N) is 1. The molecule has 1 heterocycles. The van der Waals surface area contributed by atoms with Gasteiger partial charge in [0.25, 0.3) is 0 Å². The molecule has 17 heavy (non-hydrogen) atoms. The first-order chi connectivity index (χ1) is 7.94. The molecule has 0 radical (unpaired) electrons. The van der Waals surface area contributed by atoms with Crippen molar-refractivity contribution in [3.8, 4) is 6.07 Å². The van der Waals surface area contributed by atoms with Crippen molar-refractivity contribution in [3.63, 3.8) is 0 Å². The molecule has 1 atom stereocenters. The molecular weight excluding hydrogens is 214 g/mol. The zero-order valence-corrected chi connectivity index (χ0v) is 10.2. The second-order valence-electron chi connectivity index (χ2n) is 4.86. The van der Waals surface area contributed by atoms with Crippen LogP contribution in [0, 0.1) is 11.3 Å². The molecule has 88 valence electrons. The van der Waals surface area contributed by atoms with Crippen LogP contribution < -0.4 is 10.6 Å². The largest absolute Gasteiger partial charge is 0.370 e. The van der Waals surface area contributed by atoms with Crippen LogP contribution in [0.3, 0.4) is 0 Å². The molecule has 0 saturated carbocycles. The third-order valence-electron chi connectivity index (χ3n) is 3.00. The Morgan fingerprint density at radius 1 is 1.35 bits per heavy atom. The highest BCUT2D eigenvalue weighted by Gasteiger charge is 2.32. The monoisotopic (exact) mass is 229 g/mol. The Bertz CT molecular complexity index is 514. The summed E-state index contributed by atoms with van der Waals surface area (Å²) < 4.78 is 0. The van der Waals surface area contributed by atoms with E-state index < -0.39 is 5.54 Å². The molecule has 2 rings (SSSR count). The number of fused-ring (bicyclic) bond motifs is 1. The fourth-order valence-corrected chi connectivity index (χ4v) is 1.79. The van der Waals surface area contributed by atoms with Crippen LogP contribution >= 0.6 is 0 Å². The van der Waals surface area contributed by atoms with Gasteiger partial charge in [-0.3, -0.25) is 4.79 Å². The lowest BCUT2D eigenvalue weighted by Gasteiger charge is -2.33. The number of hydrogen-bond acceptors (Lipinski definition) is 3. The SMILES string of the molecule is CC(C#N)c1ccc2c(c1)NC(C)(C)C(=O)N2. The minimum absolute atomic E-state index is 0.0499. The lowest BCUT2D eigenvalue weighted by Crippen LogP contribution is -2.47. The Balaban J connectivity index is 2.41. The number of hydrogen-bond donors (Lipinski definition) is 2. The zero-order chi connectivity index (χ0) is 12.6. The molecule has 1 aromatic carbocycles. The number of nitriles is 1. The van der Waals surface area contributed by atoms with Gasteiger partial charge in [0.1, 0.15) is 5.54 Å². The highest BCUT2D eigenvalue weighted by atomic mass is 16.2. The Labute approximate surface area is 101 Å². The maximum absolute atomic E-state index is 11.7. The second kappa shape index (κ2) is 3.77. The van der Waals surface area contributed by atoms with E-state index in [-0.39, 0.29) is 11.8 Å². The molecule has 2 N–H and O–H groups in total. The number of carbonyl (C=O) groups excluding carboxylic acids is 1. The van der Waals surface area contributed by atoms with E-state index in [0.29, 0.717) is 0 Å². The van der Waals surface area contributed by atoms with Crippen LogP contribution in [0.5, 0.6) is 0 Å². The van der Waals surface area contributed by atoms with Gasteiger partial charge in [-0.15, -0.1) is 0 Å². The summed E-state index contributed by atoms with van der Waals surface area (Å²) in [6.07, 6.45) is 0. The molecule has 1 aromatic rings. The average Bonchev–Trinajstić information content (AvgIpc) is 2.28.